The van der Waals surface area contributed by atoms with Crippen LogP contribution in [0.3, 0.4) is 0 Å². The molecule has 1 heterocycles. The molecule has 1 saturated heterocycles. The summed E-state index contributed by atoms with van der Waals surface area (Å²) in [5.74, 6) is 1.85. The van der Waals surface area contributed by atoms with Crippen molar-refractivity contribution < 1.29 is 4.74 Å². The molecule has 1 aliphatic heterocycles. The zero-order valence-electron chi connectivity index (χ0n) is 17.3. The summed E-state index contributed by atoms with van der Waals surface area (Å²) in [6, 6.07) is 1.13. The molecule has 0 aromatic rings. The summed E-state index contributed by atoms with van der Waals surface area (Å²) < 4.78 is 5.45. The molecular formula is C19H41IN4O. The van der Waals surface area contributed by atoms with E-state index in [2.05, 4.69) is 56.8 Å². The highest BCUT2D eigenvalue weighted by Crippen LogP contribution is 2.18. The Hall–Kier alpha value is -0.0800. The minimum absolute atomic E-state index is 0. The highest BCUT2D eigenvalue weighted by Gasteiger charge is 2.16. The maximum absolute atomic E-state index is 5.45. The van der Waals surface area contributed by atoms with Gasteiger partial charge in [0.25, 0.3) is 0 Å². The summed E-state index contributed by atoms with van der Waals surface area (Å²) in [6.45, 7) is 16.9. The number of ether oxygens (including phenoxy) is 1. The molecule has 5 nitrogen and oxygen atoms in total. The van der Waals surface area contributed by atoms with Crippen LogP contribution in [-0.2, 0) is 4.74 Å². The van der Waals surface area contributed by atoms with Gasteiger partial charge in [0.05, 0.1) is 6.54 Å². The molecule has 0 aliphatic carbocycles. The van der Waals surface area contributed by atoms with E-state index in [0.29, 0.717) is 12.1 Å². The van der Waals surface area contributed by atoms with Gasteiger partial charge >= 0.3 is 0 Å². The van der Waals surface area contributed by atoms with Gasteiger partial charge in [-0.05, 0) is 59.8 Å². The van der Waals surface area contributed by atoms with Gasteiger partial charge in [0.1, 0.15) is 0 Å². The molecule has 25 heavy (non-hydrogen) atoms. The Morgan fingerprint density at radius 2 is 1.72 bits per heavy atom. The fraction of sp³-hybridized carbons (Fsp3) is 0.947. The van der Waals surface area contributed by atoms with E-state index in [9.17, 15) is 0 Å². The number of hydrogen-bond donors (Lipinski definition) is 1. The number of aliphatic imine (C=N–C) groups is 1. The van der Waals surface area contributed by atoms with E-state index in [-0.39, 0.29) is 24.0 Å². The van der Waals surface area contributed by atoms with Gasteiger partial charge in [-0.3, -0.25) is 9.89 Å². The van der Waals surface area contributed by atoms with Gasteiger partial charge in [-0.15, -0.1) is 24.0 Å². The molecule has 0 aromatic carbocycles. The van der Waals surface area contributed by atoms with Crippen LogP contribution in [0, 0.1) is 5.92 Å². The third-order valence-electron chi connectivity index (χ3n) is 4.86. The Labute approximate surface area is 173 Å². The number of halogens is 1. The fourth-order valence-corrected chi connectivity index (χ4v) is 3.37. The zero-order valence-corrected chi connectivity index (χ0v) is 19.6. The third kappa shape index (κ3) is 9.99. The van der Waals surface area contributed by atoms with E-state index in [1.807, 2.05) is 0 Å². The van der Waals surface area contributed by atoms with Crippen LogP contribution in [0.4, 0.5) is 0 Å². The lowest BCUT2D eigenvalue weighted by atomic mass is 9.96. The second-order valence-corrected chi connectivity index (χ2v) is 7.43. The number of nitrogens with one attached hydrogen (secondary N) is 1. The summed E-state index contributed by atoms with van der Waals surface area (Å²) in [6.07, 6.45) is 3.65. The molecule has 150 valence electrons. The second-order valence-electron chi connectivity index (χ2n) is 7.43. The van der Waals surface area contributed by atoms with E-state index < -0.39 is 0 Å². The van der Waals surface area contributed by atoms with Crippen molar-refractivity contribution >= 4 is 29.9 Å². The number of nitrogens with zero attached hydrogens (tertiary/aromatic N) is 3. The Kier molecular flexibility index (Phi) is 14.0. The van der Waals surface area contributed by atoms with Crippen LogP contribution < -0.4 is 5.32 Å². The van der Waals surface area contributed by atoms with Crippen LogP contribution >= 0.6 is 24.0 Å². The molecule has 0 spiro atoms. The van der Waals surface area contributed by atoms with E-state index in [0.717, 1.165) is 51.3 Å². The first-order chi connectivity index (χ1) is 11.5. The first-order valence-corrected chi connectivity index (χ1v) is 9.78. The molecule has 0 atom stereocenters. The standard InChI is InChI=1S/C19H40N4O.HI/c1-7-20-19(21-11-13-23(16(2)3)17(4)5)22(6)12-8-18-9-14-24-15-10-18;/h16-18H,7-15H2,1-6H3,(H,20,21);1H. The first kappa shape index (κ1) is 24.9. The molecule has 0 unspecified atom stereocenters. The van der Waals surface area contributed by atoms with E-state index in [1.54, 1.807) is 0 Å². The van der Waals surface area contributed by atoms with Gasteiger partial charge in [0.2, 0.25) is 0 Å². The van der Waals surface area contributed by atoms with Crippen LogP contribution in [0.25, 0.3) is 0 Å². The predicted octanol–water partition coefficient (Wildman–Crippen LogP) is 3.44. The average molecular weight is 468 g/mol. The molecule has 1 N–H and O–H groups in total. The van der Waals surface area contributed by atoms with Crippen molar-refractivity contribution in [2.24, 2.45) is 10.9 Å². The average Bonchev–Trinajstić information content (AvgIpc) is 2.55. The van der Waals surface area contributed by atoms with Crippen molar-refractivity contribution in [2.45, 2.75) is 66.0 Å². The molecule has 0 saturated carbocycles. The Morgan fingerprint density at radius 3 is 2.24 bits per heavy atom. The lowest BCUT2D eigenvalue weighted by Crippen LogP contribution is -2.42. The first-order valence-electron chi connectivity index (χ1n) is 9.78. The van der Waals surface area contributed by atoms with Gasteiger partial charge in [-0.1, -0.05) is 0 Å². The minimum atomic E-state index is 0. The number of guanidine groups is 1. The van der Waals surface area contributed by atoms with Crippen LogP contribution in [-0.4, -0.2) is 74.3 Å². The zero-order chi connectivity index (χ0) is 17.9. The quantitative estimate of drug-likeness (QED) is 0.320. The predicted molar refractivity (Wildman–Crippen MR) is 119 cm³/mol. The van der Waals surface area contributed by atoms with Crippen molar-refractivity contribution in [3.63, 3.8) is 0 Å². The summed E-state index contributed by atoms with van der Waals surface area (Å²) >= 11 is 0. The number of rotatable bonds is 9. The van der Waals surface area contributed by atoms with Crippen molar-refractivity contribution in [1.82, 2.24) is 15.1 Å². The van der Waals surface area contributed by atoms with E-state index in [4.69, 9.17) is 9.73 Å². The van der Waals surface area contributed by atoms with Crippen molar-refractivity contribution in [2.75, 3.05) is 46.4 Å². The van der Waals surface area contributed by atoms with E-state index in [1.165, 1.54) is 19.3 Å². The Bertz CT molecular complexity index is 349. The SMILES string of the molecule is CCNC(=NCCN(C(C)C)C(C)C)N(C)CCC1CCOCC1.I. The highest BCUT2D eigenvalue weighted by atomic mass is 127. The minimum Gasteiger partial charge on any atom is -0.381 e. The smallest absolute Gasteiger partial charge is 0.193 e. The molecule has 1 fully saturated rings. The lowest BCUT2D eigenvalue weighted by Gasteiger charge is -2.30. The highest BCUT2D eigenvalue weighted by molar-refractivity contribution is 14.0. The molecule has 0 radical (unpaired) electrons. The normalized spacial score (nSPS) is 16.4. The molecule has 6 heteroatoms. The van der Waals surface area contributed by atoms with Crippen molar-refractivity contribution in [1.29, 1.82) is 0 Å². The maximum Gasteiger partial charge on any atom is 0.193 e. The van der Waals surface area contributed by atoms with E-state index >= 15 is 0 Å². The largest absolute Gasteiger partial charge is 0.381 e. The molecule has 1 aliphatic rings. The van der Waals surface area contributed by atoms with Gasteiger partial charge in [0.15, 0.2) is 5.96 Å². The summed E-state index contributed by atoms with van der Waals surface area (Å²) in [5.41, 5.74) is 0. The van der Waals surface area contributed by atoms with Crippen molar-refractivity contribution in [3.8, 4) is 0 Å². The third-order valence-corrected chi connectivity index (χ3v) is 4.86. The summed E-state index contributed by atoms with van der Waals surface area (Å²) in [5, 5.41) is 3.44. The van der Waals surface area contributed by atoms with Crippen LogP contribution in [0.5, 0.6) is 0 Å². The summed E-state index contributed by atoms with van der Waals surface area (Å²) in [7, 11) is 2.16. The van der Waals surface area contributed by atoms with Crippen LogP contribution in [0.15, 0.2) is 4.99 Å². The topological polar surface area (TPSA) is 40.1 Å². The van der Waals surface area contributed by atoms with Gasteiger partial charge in [-0.25, -0.2) is 0 Å². The molecular weight excluding hydrogens is 427 g/mol. The lowest BCUT2D eigenvalue weighted by molar-refractivity contribution is 0.0625. The Balaban J connectivity index is 0.00000576. The monoisotopic (exact) mass is 468 g/mol. The maximum atomic E-state index is 5.45. The van der Waals surface area contributed by atoms with Gasteiger partial charge < -0.3 is 15.0 Å². The molecule has 1 rings (SSSR count). The van der Waals surface area contributed by atoms with Crippen LogP contribution in [0.1, 0.15) is 53.9 Å². The molecule has 0 amide bonds. The second kappa shape index (κ2) is 14.0. The summed E-state index contributed by atoms with van der Waals surface area (Å²) in [4.78, 5) is 9.63. The van der Waals surface area contributed by atoms with Crippen LogP contribution in [0.2, 0.25) is 0 Å². The van der Waals surface area contributed by atoms with Gasteiger partial charge in [-0.2, -0.15) is 0 Å². The molecule has 0 bridgehead atoms. The number of hydrogen-bond acceptors (Lipinski definition) is 3. The fourth-order valence-electron chi connectivity index (χ4n) is 3.37. The Morgan fingerprint density at radius 1 is 1.12 bits per heavy atom. The van der Waals surface area contributed by atoms with Crippen molar-refractivity contribution in [3.05, 3.63) is 0 Å². The van der Waals surface area contributed by atoms with Gasteiger partial charge in [0, 0.05) is 52.0 Å². The molecule has 0 aromatic heterocycles.